The van der Waals surface area contributed by atoms with Crippen molar-refractivity contribution < 1.29 is 0 Å². The molecule has 4 heteroatoms. The van der Waals surface area contributed by atoms with Gasteiger partial charge in [-0.2, -0.15) is 0 Å². The fourth-order valence-corrected chi connectivity index (χ4v) is 2.19. The van der Waals surface area contributed by atoms with Gasteiger partial charge >= 0.3 is 0 Å². The van der Waals surface area contributed by atoms with E-state index >= 15 is 0 Å². The van der Waals surface area contributed by atoms with Crippen molar-refractivity contribution in [2.45, 2.75) is 6.92 Å². The molecule has 1 aliphatic rings. The van der Waals surface area contributed by atoms with Crippen LogP contribution in [0, 0.1) is 6.92 Å². The number of pyridine rings is 1. The van der Waals surface area contributed by atoms with E-state index in [0.29, 0.717) is 0 Å². The quantitative estimate of drug-likeness (QED) is 0.630. The monoisotopic (exact) mass is 273 g/mol. The van der Waals surface area contributed by atoms with Gasteiger partial charge in [-0.25, -0.2) is 3.15 Å². The van der Waals surface area contributed by atoms with E-state index in [2.05, 4.69) is 17.7 Å². The van der Waals surface area contributed by atoms with Crippen molar-refractivity contribution in [1.29, 1.82) is 0 Å². The van der Waals surface area contributed by atoms with Gasteiger partial charge in [-0.3, -0.25) is 4.98 Å². The lowest BCUT2D eigenvalue weighted by Crippen LogP contribution is -1.95. The van der Waals surface area contributed by atoms with Crippen molar-refractivity contribution in [3.8, 4) is 0 Å². The first-order valence-electron chi connectivity index (χ1n) is 3.59. The summed E-state index contributed by atoms with van der Waals surface area (Å²) in [4.78, 5) is 4.21. The van der Waals surface area contributed by atoms with Gasteiger partial charge in [-0.1, -0.05) is 0 Å². The van der Waals surface area contributed by atoms with Crippen LogP contribution in [0.2, 0.25) is 0 Å². The van der Waals surface area contributed by atoms with Crippen LogP contribution < -0.4 is 3.53 Å². The normalized spacial score (nSPS) is 14.9. The average molecular weight is 273 g/mol. The van der Waals surface area contributed by atoms with Crippen LogP contribution >= 0.6 is 21.3 Å². The van der Waals surface area contributed by atoms with E-state index < -0.39 is 0 Å². The maximum Gasteiger partial charge on any atom is 0.118 e. The lowest BCUT2D eigenvalue weighted by Gasteiger charge is -2.00. The summed E-state index contributed by atoms with van der Waals surface area (Å²) in [6, 6.07) is 4.07. The highest BCUT2D eigenvalue weighted by molar-refractivity contribution is 14.1. The van der Waals surface area contributed by atoms with Crippen LogP contribution in [-0.4, -0.2) is 4.98 Å². The summed E-state index contributed by atoms with van der Waals surface area (Å²) in [7, 11) is 0. The van der Waals surface area contributed by atoms with Crippen LogP contribution in [0.5, 0.6) is 0 Å². The standard InChI is InChI=1S/C8H8IN3/c1-6-2-3-7(4-10-6)8-5-11-9-12-8/h2-5H,1H3,(H,11,12). The van der Waals surface area contributed by atoms with Gasteiger partial charge in [0.1, 0.15) is 21.3 Å². The van der Waals surface area contributed by atoms with Crippen LogP contribution in [-0.2, 0) is 0 Å². The van der Waals surface area contributed by atoms with E-state index in [1.54, 1.807) is 0 Å². The molecule has 0 saturated carbocycles. The first-order valence-corrected chi connectivity index (χ1v) is 5.63. The SMILES string of the molecule is Cc1ccc(C2=CN=IN2)cn1. The summed E-state index contributed by atoms with van der Waals surface area (Å²) >= 11 is -0.177. The highest BCUT2D eigenvalue weighted by atomic mass is 127. The van der Waals surface area contributed by atoms with E-state index in [4.69, 9.17) is 0 Å². The van der Waals surface area contributed by atoms with Gasteiger partial charge in [-0.05, 0) is 19.1 Å². The Morgan fingerprint density at radius 1 is 1.42 bits per heavy atom. The van der Waals surface area contributed by atoms with Crippen LogP contribution in [0.1, 0.15) is 11.3 Å². The molecular weight excluding hydrogens is 265 g/mol. The molecule has 0 spiro atoms. The minimum Gasteiger partial charge on any atom is -0.317 e. The molecular formula is C8H8IN3. The number of nitrogens with one attached hydrogen (secondary N) is 1. The molecule has 0 unspecified atom stereocenters. The van der Waals surface area contributed by atoms with E-state index in [-0.39, 0.29) is 21.3 Å². The molecule has 3 nitrogen and oxygen atoms in total. The minimum absolute atomic E-state index is 0.177. The summed E-state index contributed by atoms with van der Waals surface area (Å²) in [5.74, 6) is 0. The average Bonchev–Trinajstić information content (AvgIpc) is 2.58. The second-order valence-corrected chi connectivity index (χ2v) is 4.09. The second kappa shape index (κ2) is 3.30. The molecule has 0 atom stereocenters. The molecule has 0 aromatic carbocycles. The fourth-order valence-electron chi connectivity index (χ4n) is 0.924. The molecule has 1 N–H and O–H groups in total. The van der Waals surface area contributed by atoms with Crippen molar-refractivity contribution >= 4 is 27.0 Å². The largest absolute Gasteiger partial charge is 0.317 e. The molecule has 62 valence electrons. The first-order chi connectivity index (χ1) is 5.86. The number of hydrogen-bond acceptors (Lipinski definition) is 3. The maximum absolute atomic E-state index is 4.21. The lowest BCUT2D eigenvalue weighted by atomic mass is 10.2. The van der Waals surface area contributed by atoms with Crippen LogP contribution in [0.4, 0.5) is 0 Å². The Balaban J connectivity index is 2.30. The highest BCUT2D eigenvalue weighted by Crippen LogP contribution is 2.19. The molecule has 0 fully saturated rings. The topological polar surface area (TPSA) is 37.3 Å². The van der Waals surface area contributed by atoms with Crippen LogP contribution in [0.25, 0.3) is 5.70 Å². The summed E-state index contributed by atoms with van der Waals surface area (Å²) in [6.07, 6.45) is 3.76. The van der Waals surface area contributed by atoms with Crippen LogP contribution in [0.3, 0.4) is 0 Å². The van der Waals surface area contributed by atoms with Gasteiger partial charge in [0.25, 0.3) is 0 Å². The number of rotatable bonds is 1. The zero-order valence-corrected chi connectivity index (χ0v) is 8.74. The molecule has 1 aromatic heterocycles. The highest BCUT2D eigenvalue weighted by Gasteiger charge is 2.02. The van der Waals surface area contributed by atoms with E-state index in [1.807, 2.05) is 25.4 Å². The third-order valence-corrected chi connectivity index (χ3v) is 2.97. The van der Waals surface area contributed by atoms with Crippen molar-refractivity contribution in [3.05, 3.63) is 35.8 Å². The van der Waals surface area contributed by atoms with Gasteiger partial charge in [0.15, 0.2) is 0 Å². The Bertz CT molecular complexity index is 340. The number of hydrogen-bond donors (Lipinski definition) is 1. The summed E-state index contributed by atoms with van der Waals surface area (Å²) in [6.45, 7) is 1.98. The van der Waals surface area contributed by atoms with Crippen LogP contribution in [0.15, 0.2) is 27.7 Å². The minimum atomic E-state index is -0.177. The Hall–Kier alpha value is -0.780. The van der Waals surface area contributed by atoms with E-state index in [9.17, 15) is 0 Å². The molecule has 0 saturated heterocycles. The lowest BCUT2D eigenvalue weighted by molar-refractivity contribution is 1.18. The smallest absolute Gasteiger partial charge is 0.118 e. The summed E-state index contributed by atoms with van der Waals surface area (Å²) in [5, 5.41) is 0. The molecule has 0 amide bonds. The zero-order chi connectivity index (χ0) is 8.39. The Labute approximate surface area is 81.4 Å². The molecule has 12 heavy (non-hydrogen) atoms. The second-order valence-electron chi connectivity index (χ2n) is 2.51. The van der Waals surface area contributed by atoms with Gasteiger partial charge in [0.05, 0.1) is 11.9 Å². The maximum atomic E-state index is 4.21. The number of aromatic nitrogens is 1. The van der Waals surface area contributed by atoms with Gasteiger partial charge < -0.3 is 3.53 Å². The van der Waals surface area contributed by atoms with Gasteiger partial charge in [0, 0.05) is 17.5 Å². The Morgan fingerprint density at radius 3 is 2.92 bits per heavy atom. The molecule has 0 radical (unpaired) electrons. The van der Waals surface area contributed by atoms with Crippen molar-refractivity contribution in [2.75, 3.05) is 0 Å². The third-order valence-electron chi connectivity index (χ3n) is 1.59. The molecule has 1 aliphatic heterocycles. The predicted octanol–water partition coefficient (Wildman–Crippen LogP) is 2.36. The molecule has 0 aliphatic carbocycles. The Morgan fingerprint density at radius 2 is 2.33 bits per heavy atom. The zero-order valence-electron chi connectivity index (χ0n) is 6.58. The molecule has 2 heterocycles. The van der Waals surface area contributed by atoms with Gasteiger partial charge in [-0.15, -0.1) is 0 Å². The van der Waals surface area contributed by atoms with Crippen molar-refractivity contribution in [3.63, 3.8) is 0 Å². The third kappa shape index (κ3) is 1.52. The predicted molar refractivity (Wildman–Crippen MR) is 56.5 cm³/mol. The van der Waals surface area contributed by atoms with E-state index in [1.165, 1.54) is 0 Å². The fraction of sp³-hybridized carbons (Fsp3) is 0.125. The summed E-state index contributed by atoms with van der Waals surface area (Å²) < 4.78 is 7.43. The number of nitrogens with zero attached hydrogens (tertiary/aromatic N) is 2. The number of aryl methyl sites for hydroxylation is 1. The number of halogens is 1. The molecule has 1 aromatic rings. The first kappa shape index (κ1) is 7.85. The Kier molecular flexibility index (Phi) is 2.16. The molecule has 0 bridgehead atoms. The van der Waals surface area contributed by atoms with E-state index in [0.717, 1.165) is 17.0 Å². The van der Waals surface area contributed by atoms with Crippen molar-refractivity contribution in [1.82, 2.24) is 8.51 Å². The summed E-state index contributed by atoms with van der Waals surface area (Å²) in [5.41, 5.74) is 3.28. The molecule has 2 rings (SSSR count). The van der Waals surface area contributed by atoms with Gasteiger partial charge in [0.2, 0.25) is 0 Å². The van der Waals surface area contributed by atoms with Crippen molar-refractivity contribution in [2.24, 2.45) is 3.15 Å².